The molecule has 0 amide bonds. The first kappa shape index (κ1) is 12.5. The number of aromatic amines is 1. The predicted molar refractivity (Wildman–Crippen MR) is 67.9 cm³/mol. The second-order valence-corrected chi connectivity index (χ2v) is 3.42. The minimum Gasteiger partial charge on any atom is -0.369 e. The molecule has 0 aliphatic rings. The molecule has 0 aliphatic heterocycles. The van der Waals surface area contributed by atoms with Gasteiger partial charge in [-0.15, -0.1) is 0 Å². The molecule has 0 spiro atoms. The Balaban J connectivity index is 0.000000606. The largest absolute Gasteiger partial charge is 0.369 e. The summed E-state index contributed by atoms with van der Waals surface area (Å²) >= 11 is 5.98. The summed E-state index contributed by atoms with van der Waals surface area (Å²) in [6.07, 6.45) is 0. The summed E-state index contributed by atoms with van der Waals surface area (Å²) < 4.78 is 0. The van der Waals surface area contributed by atoms with Crippen LogP contribution in [0.2, 0.25) is 5.02 Å². The predicted octanol–water partition coefficient (Wildman–Crippen LogP) is 2.49. The Hall–Kier alpha value is -1.55. The third kappa shape index (κ3) is 2.17. The molecule has 0 fully saturated rings. The van der Waals surface area contributed by atoms with E-state index in [1.807, 2.05) is 20.8 Å². The highest BCUT2D eigenvalue weighted by Crippen LogP contribution is 2.22. The Kier molecular flexibility index (Phi) is 3.90. The molecule has 0 radical (unpaired) electrons. The number of fused-ring (bicyclic) bond motifs is 1. The van der Waals surface area contributed by atoms with Gasteiger partial charge in [-0.2, -0.15) is 0 Å². The highest BCUT2D eigenvalue weighted by atomic mass is 35.5. The summed E-state index contributed by atoms with van der Waals surface area (Å²) in [5, 5.41) is 0.817. The van der Waals surface area contributed by atoms with E-state index in [9.17, 15) is 4.79 Å². The van der Waals surface area contributed by atoms with Crippen molar-refractivity contribution in [3.63, 3.8) is 0 Å². The van der Waals surface area contributed by atoms with Gasteiger partial charge in [-0.1, -0.05) is 31.5 Å². The van der Waals surface area contributed by atoms with Gasteiger partial charge in [0.25, 0.3) is 5.56 Å². The number of rotatable bonds is 0. The summed E-state index contributed by atoms with van der Waals surface area (Å²) in [6.45, 7) is 5.83. The van der Waals surface area contributed by atoms with Gasteiger partial charge in [-0.25, -0.2) is 4.98 Å². The Morgan fingerprint density at radius 3 is 2.62 bits per heavy atom. The van der Waals surface area contributed by atoms with Crippen molar-refractivity contribution in [2.75, 3.05) is 5.73 Å². The van der Waals surface area contributed by atoms with Crippen LogP contribution >= 0.6 is 11.6 Å². The SMILES string of the molecule is CC.Cc1ccc2nc(N)[nH]c(=O)c2c1Cl. The molecule has 0 saturated carbocycles. The number of anilines is 1. The lowest BCUT2D eigenvalue weighted by Gasteiger charge is -2.02. The fourth-order valence-electron chi connectivity index (χ4n) is 1.32. The number of nitrogens with zero attached hydrogens (tertiary/aromatic N) is 1. The maximum Gasteiger partial charge on any atom is 0.261 e. The van der Waals surface area contributed by atoms with E-state index in [0.29, 0.717) is 15.9 Å². The summed E-state index contributed by atoms with van der Waals surface area (Å²) in [5.41, 5.74) is 6.46. The monoisotopic (exact) mass is 239 g/mol. The molecule has 1 heterocycles. The highest BCUT2D eigenvalue weighted by molar-refractivity contribution is 6.36. The Labute approximate surface area is 98.5 Å². The van der Waals surface area contributed by atoms with Crippen molar-refractivity contribution < 1.29 is 0 Å². The molecule has 1 aromatic heterocycles. The van der Waals surface area contributed by atoms with Crippen LogP contribution < -0.4 is 11.3 Å². The van der Waals surface area contributed by atoms with Crippen LogP contribution in [0.4, 0.5) is 5.95 Å². The van der Waals surface area contributed by atoms with Crippen molar-refractivity contribution >= 4 is 28.5 Å². The van der Waals surface area contributed by atoms with Gasteiger partial charge in [0.05, 0.1) is 15.9 Å². The van der Waals surface area contributed by atoms with Gasteiger partial charge in [0.1, 0.15) is 0 Å². The van der Waals surface area contributed by atoms with E-state index in [1.54, 1.807) is 12.1 Å². The van der Waals surface area contributed by atoms with E-state index in [-0.39, 0.29) is 11.5 Å². The maximum atomic E-state index is 11.5. The van der Waals surface area contributed by atoms with Gasteiger partial charge in [-0.05, 0) is 18.6 Å². The number of nitrogens with one attached hydrogen (secondary N) is 1. The lowest BCUT2D eigenvalue weighted by molar-refractivity contribution is 1.19. The Bertz CT molecular complexity index is 563. The molecule has 0 atom stereocenters. The highest BCUT2D eigenvalue weighted by Gasteiger charge is 2.07. The van der Waals surface area contributed by atoms with E-state index in [1.165, 1.54) is 0 Å². The topological polar surface area (TPSA) is 71.8 Å². The molecule has 0 bridgehead atoms. The average Bonchev–Trinajstić information content (AvgIpc) is 2.26. The molecular weight excluding hydrogens is 226 g/mol. The molecule has 0 aliphatic carbocycles. The zero-order valence-corrected chi connectivity index (χ0v) is 10.2. The number of aromatic nitrogens is 2. The van der Waals surface area contributed by atoms with E-state index >= 15 is 0 Å². The maximum absolute atomic E-state index is 11.5. The van der Waals surface area contributed by atoms with Gasteiger partial charge in [0, 0.05) is 0 Å². The van der Waals surface area contributed by atoms with Crippen LogP contribution in [0.3, 0.4) is 0 Å². The molecule has 2 rings (SSSR count). The smallest absolute Gasteiger partial charge is 0.261 e. The van der Waals surface area contributed by atoms with Gasteiger partial charge < -0.3 is 5.73 Å². The van der Waals surface area contributed by atoms with Crippen LogP contribution in [0.15, 0.2) is 16.9 Å². The summed E-state index contributed by atoms with van der Waals surface area (Å²) in [6, 6.07) is 3.53. The number of hydrogen-bond acceptors (Lipinski definition) is 3. The summed E-state index contributed by atoms with van der Waals surface area (Å²) in [7, 11) is 0. The van der Waals surface area contributed by atoms with Crippen molar-refractivity contribution in [1.82, 2.24) is 9.97 Å². The van der Waals surface area contributed by atoms with Crippen molar-refractivity contribution in [3.05, 3.63) is 33.1 Å². The van der Waals surface area contributed by atoms with Crippen LogP contribution in [-0.2, 0) is 0 Å². The van der Waals surface area contributed by atoms with Crippen molar-refractivity contribution in [2.24, 2.45) is 0 Å². The zero-order valence-electron chi connectivity index (χ0n) is 9.47. The van der Waals surface area contributed by atoms with Gasteiger partial charge in [0.2, 0.25) is 5.95 Å². The molecule has 1 aromatic carbocycles. The van der Waals surface area contributed by atoms with Gasteiger partial charge in [-0.3, -0.25) is 9.78 Å². The summed E-state index contributed by atoms with van der Waals surface area (Å²) in [5.74, 6) is 0.0995. The number of benzene rings is 1. The first-order chi connectivity index (χ1) is 7.59. The number of nitrogen functional groups attached to an aromatic ring is 1. The molecule has 4 nitrogen and oxygen atoms in total. The fraction of sp³-hybridized carbons (Fsp3) is 0.273. The molecule has 0 unspecified atom stereocenters. The average molecular weight is 240 g/mol. The summed E-state index contributed by atoms with van der Waals surface area (Å²) in [4.78, 5) is 17.9. The van der Waals surface area contributed by atoms with Crippen LogP contribution in [0.1, 0.15) is 19.4 Å². The van der Waals surface area contributed by atoms with Gasteiger partial charge >= 0.3 is 0 Å². The number of hydrogen-bond donors (Lipinski definition) is 2. The molecular formula is C11H14ClN3O. The minimum absolute atomic E-state index is 0.0995. The normalized spacial score (nSPS) is 9.75. The molecule has 16 heavy (non-hydrogen) atoms. The molecule has 2 aromatic rings. The van der Waals surface area contributed by atoms with E-state index in [4.69, 9.17) is 17.3 Å². The number of halogens is 1. The van der Waals surface area contributed by atoms with E-state index in [0.717, 1.165) is 5.56 Å². The van der Waals surface area contributed by atoms with Crippen molar-refractivity contribution in [2.45, 2.75) is 20.8 Å². The first-order valence-electron chi connectivity index (χ1n) is 5.04. The number of H-pyrrole nitrogens is 1. The third-order valence-corrected chi connectivity index (χ3v) is 2.51. The minimum atomic E-state index is -0.304. The lowest BCUT2D eigenvalue weighted by Crippen LogP contribution is -2.11. The Morgan fingerprint density at radius 2 is 2.00 bits per heavy atom. The second kappa shape index (κ2) is 4.99. The molecule has 3 N–H and O–H groups in total. The molecule has 0 saturated heterocycles. The molecule has 86 valence electrons. The van der Waals surface area contributed by atoms with Crippen molar-refractivity contribution in [1.29, 1.82) is 0 Å². The van der Waals surface area contributed by atoms with Crippen LogP contribution in [0.25, 0.3) is 10.9 Å². The van der Waals surface area contributed by atoms with Crippen LogP contribution in [0, 0.1) is 6.92 Å². The number of nitrogens with two attached hydrogens (primary N) is 1. The van der Waals surface area contributed by atoms with Crippen LogP contribution in [0.5, 0.6) is 0 Å². The third-order valence-electron chi connectivity index (χ3n) is 2.02. The second-order valence-electron chi connectivity index (χ2n) is 3.04. The van der Waals surface area contributed by atoms with Crippen LogP contribution in [-0.4, -0.2) is 9.97 Å². The zero-order chi connectivity index (χ0) is 12.3. The Morgan fingerprint density at radius 1 is 1.38 bits per heavy atom. The fourth-order valence-corrected chi connectivity index (χ4v) is 1.56. The lowest BCUT2D eigenvalue weighted by atomic mass is 10.2. The number of aryl methyl sites for hydroxylation is 1. The van der Waals surface area contributed by atoms with Gasteiger partial charge in [0.15, 0.2) is 0 Å². The standard InChI is InChI=1S/C9H8ClN3O.C2H6/c1-4-2-3-5-6(7(4)10)8(14)13-9(11)12-5;1-2/h2-3H,1H3,(H3,11,12,13,14);1-2H3. The van der Waals surface area contributed by atoms with Crippen molar-refractivity contribution in [3.8, 4) is 0 Å². The van der Waals surface area contributed by atoms with E-state index < -0.39 is 0 Å². The first-order valence-corrected chi connectivity index (χ1v) is 5.42. The quantitative estimate of drug-likeness (QED) is 0.742. The van der Waals surface area contributed by atoms with E-state index in [2.05, 4.69) is 9.97 Å². The molecule has 5 heteroatoms.